The molecule has 2 fully saturated rings. The number of esters is 3. The third-order valence-electron chi connectivity index (χ3n) is 9.83. The quantitative estimate of drug-likeness (QED) is 0.0313. The van der Waals surface area contributed by atoms with Crippen molar-refractivity contribution in [3.8, 4) is 0 Å². The Morgan fingerprint density at radius 2 is 1.39 bits per heavy atom. The maximum Gasteiger partial charge on any atom is 0.338 e. The average Bonchev–Trinajstić information content (AvgIpc) is 3.14. The summed E-state index contributed by atoms with van der Waals surface area (Å²) >= 11 is 0. The van der Waals surface area contributed by atoms with Crippen molar-refractivity contribution < 1.29 is 61.4 Å². The third-order valence-corrected chi connectivity index (χ3v) is 14.3. The van der Waals surface area contributed by atoms with Crippen molar-refractivity contribution in [1.82, 2.24) is 0 Å². The van der Waals surface area contributed by atoms with Gasteiger partial charge in [-0.15, -0.1) is 0 Å². The van der Waals surface area contributed by atoms with E-state index in [-0.39, 0.29) is 30.8 Å². The lowest BCUT2D eigenvalue weighted by atomic mass is 9.95. The molecule has 0 bridgehead atoms. The van der Waals surface area contributed by atoms with Gasteiger partial charge in [-0.2, -0.15) is 0 Å². The Hall–Kier alpha value is -4.39. The predicted octanol–water partition coefficient (Wildman–Crippen LogP) is 5.74. The number of benzene rings is 2. The van der Waals surface area contributed by atoms with Gasteiger partial charge >= 0.3 is 17.9 Å². The molecule has 18 heteroatoms. The van der Waals surface area contributed by atoms with Gasteiger partial charge in [-0.3, -0.25) is 15.0 Å². The molecule has 0 amide bonds. The van der Waals surface area contributed by atoms with E-state index in [0.717, 1.165) is 18.2 Å². The molecular formula is C39H54N4O13Si. The van der Waals surface area contributed by atoms with Crippen molar-refractivity contribution in [1.29, 1.82) is 5.41 Å². The van der Waals surface area contributed by atoms with Gasteiger partial charge in [0.2, 0.25) is 6.29 Å². The molecule has 2 aromatic carbocycles. The van der Waals surface area contributed by atoms with Crippen LogP contribution in [0.1, 0.15) is 52.7 Å². The van der Waals surface area contributed by atoms with E-state index in [1.54, 1.807) is 24.3 Å². The summed E-state index contributed by atoms with van der Waals surface area (Å²) in [6.45, 7) is 13.9. The molecule has 2 aliphatic rings. The number of azide groups is 1. The lowest BCUT2D eigenvalue weighted by Crippen LogP contribution is -2.67. The molecule has 17 nitrogen and oxygen atoms in total. The lowest BCUT2D eigenvalue weighted by molar-refractivity contribution is -0.338. The maximum absolute atomic E-state index is 13.5. The third kappa shape index (κ3) is 12.3. The largest absolute Gasteiger partial charge is 0.467 e. The molecule has 10 atom stereocenters. The van der Waals surface area contributed by atoms with E-state index in [1.807, 2.05) is 70.3 Å². The molecule has 2 heterocycles. The molecule has 2 saturated heterocycles. The van der Waals surface area contributed by atoms with Gasteiger partial charge in [0.25, 0.3) is 0 Å². The summed E-state index contributed by atoms with van der Waals surface area (Å²) in [4.78, 5) is 41.9. The molecule has 2 aliphatic heterocycles. The highest BCUT2D eigenvalue weighted by atomic mass is 28.4. The number of hydrogen-bond acceptors (Lipinski definition) is 15. The van der Waals surface area contributed by atoms with Gasteiger partial charge in [-0.05, 0) is 34.8 Å². The Kier molecular flexibility index (Phi) is 16.2. The normalized spacial score (nSPS) is 27.7. The summed E-state index contributed by atoms with van der Waals surface area (Å²) in [5, 5.41) is 11.7. The van der Waals surface area contributed by atoms with E-state index in [4.69, 9.17) is 52.5 Å². The van der Waals surface area contributed by atoms with E-state index >= 15 is 0 Å². The van der Waals surface area contributed by atoms with Gasteiger partial charge in [-0.25, -0.2) is 4.79 Å². The van der Waals surface area contributed by atoms with Crippen LogP contribution in [0.4, 0.5) is 0 Å². The minimum atomic E-state index is -2.66. The Balaban J connectivity index is 1.83. The number of hydrogen-bond donors (Lipinski definition) is 1. The van der Waals surface area contributed by atoms with Crippen molar-refractivity contribution in [2.45, 2.75) is 134 Å². The molecule has 1 N–H and O–H groups in total. The van der Waals surface area contributed by atoms with Crippen molar-refractivity contribution >= 4 is 32.1 Å². The Morgan fingerprint density at radius 3 is 1.91 bits per heavy atom. The number of nitrogens with zero attached hydrogens (tertiary/aromatic N) is 3. The molecular weight excluding hydrogens is 761 g/mol. The second kappa shape index (κ2) is 20.3. The van der Waals surface area contributed by atoms with E-state index in [1.165, 1.54) is 20.8 Å². The fourth-order valence-electron chi connectivity index (χ4n) is 6.14. The average molecular weight is 815 g/mol. The Labute approximate surface area is 333 Å². The number of ether oxygens (including phenoxy) is 9. The van der Waals surface area contributed by atoms with Crippen LogP contribution in [0.5, 0.6) is 0 Å². The zero-order valence-electron chi connectivity index (χ0n) is 33.8. The van der Waals surface area contributed by atoms with E-state index in [9.17, 15) is 19.9 Å². The van der Waals surface area contributed by atoms with Gasteiger partial charge in [0.15, 0.2) is 32.7 Å². The topological polar surface area (TPSA) is 216 Å². The van der Waals surface area contributed by atoms with Crippen LogP contribution >= 0.6 is 0 Å². The van der Waals surface area contributed by atoms with Crippen LogP contribution in [0.15, 0.2) is 65.8 Å². The van der Waals surface area contributed by atoms with Gasteiger partial charge in [0.05, 0.1) is 26.9 Å². The Morgan fingerprint density at radius 1 is 0.807 bits per heavy atom. The van der Waals surface area contributed by atoms with E-state index < -0.39 is 87.6 Å². The molecule has 312 valence electrons. The number of methoxy groups -OCH3 is 1. The van der Waals surface area contributed by atoms with Crippen LogP contribution in [0.3, 0.4) is 0 Å². The van der Waals surface area contributed by atoms with Gasteiger partial charge in [0, 0.05) is 25.7 Å². The highest BCUT2D eigenvalue weighted by Gasteiger charge is 2.58. The highest BCUT2D eigenvalue weighted by Crippen LogP contribution is 2.41. The zero-order valence-corrected chi connectivity index (χ0v) is 34.8. The monoisotopic (exact) mass is 814 g/mol. The number of carbonyl (C=O) groups excluding carboxylic acids is 3. The molecule has 4 unspecified atom stereocenters. The molecule has 4 rings (SSSR count). The zero-order chi connectivity index (χ0) is 41.9. The van der Waals surface area contributed by atoms with E-state index in [2.05, 4.69) is 10.0 Å². The number of rotatable bonds is 16. The fraction of sp³-hybridized carbons (Fsp3) is 0.590. The van der Waals surface area contributed by atoms with Gasteiger partial charge in [0.1, 0.15) is 36.6 Å². The Bertz CT molecular complexity index is 1710. The minimum Gasteiger partial charge on any atom is -0.467 e. The number of carbonyl (C=O) groups is 3. The van der Waals surface area contributed by atoms with E-state index in [0.29, 0.717) is 0 Å². The van der Waals surface area contributed by atoms with Crippen LogP contribution in [-0.4, -0.2) is 107 Å². The summed E-state index contributed by atoms with van der Waals surface area (Å²) < 4.78 is 61.1. The SMILES string of the molecule is COC(=O)C1O[C@H](OC(C)=N)C(OC(C)=O)[C@H](OCc2ccccc2)[C@H]1O[C@@H]1OC(COCc2ccccc2)[C@@H](O[Si](C)(C)C(C)(C)C)C(OC(C)=O)[C@@H]1N=[N+]=[N-]. The summed E-state index contributed by atoms with van der Waals surface area (Å²) in [7, 11) is -1.52. The van der Waals surface area contributed by atoms with Crippen LogP contribution in [0.2, 0.25) is 18.1 Å². The first-order valence-corrected chi connectivity index (χ1v) is 21.5. The summed E-state index contributed by atoms with van der Waals surface area (Å²) in [5.41, 5.74) is 11.5. The van der Waals surface area contributed by atoms with Crippen molar-refractivity contribution in [2.24, 2.45) is 5.11 Å². The van der Waals surface area contributed by atoms with Gasteiger partial charge < -0.3 is 47.1 Å². The molecule has 0 saturated carbocycles. The number of nitrogens with one attached hydrogen (secondary N) is 1. The summed E-state index contributed by atoms with van der Waals surface area (Å²) in [5.74, 6) is -2.68. The maximum atomic E-state index is 13.5. The van der Waals surface area contributed by atoms with Crippen LogP contribution < -0.4 is 0 Å². The molecule has 2 aromatic rings. The second-order valence-corrected chi connectivity index (χ2v) is 20.0. The summed E-state index contributed by atoms with van der Waals surface area (Å²) in [6, 6.07) is 17.1. The van der Waals surface area contributed by atoms with Crippen LogP contribution in [-0.2, 0) is 74.7 Å². The first kappa shape index (κ1) is 45.3. The fourth-order valence-corrected chi connectivity index (χ4v) is 7.46. The summed E-state index contributed by atoms with van der Waals surface area (Å²) in [6.07, 6.45) is -12.3. The molecule has 0 spiro atoms. The second-order valence-electron chi connectivity index (χ2n) is 15.2. The first-order valence-electron chi connectivity index (χ1n) is 18.6. The standard InChI is InChI=1S/C39H54N4O13Si/c1-23(40)50-38-35(52-25(3)45)32(49-21-27-18-14-11-15-19-27)33(34(55-38)36(46)47-7)54-37-29(42-43-41)31(51-24(2)44)30(56-57(8,9)39(4,5)6)28(53-37)22-48-20-26-16-12-10-13-17-26/h10-19,28-35,37-38,40H,20-22H2,1-9H3/t28?,29-,30+,31?,32+,33+,34?,35?,37-,38-/m0/s1. The minimum absolute atomic E-state index is 0.0624. The molecule has 0 radical (unpaired) electrons. The smallest absolute Gasteiger partial charge is 0.338 e. The molecule has 57 heavy (non-hydrogen) atoms. The van der Waals surface area contributed by atoms with Crippen molar-refractivity contribution in [3.05, 3.63) is 82.2 Å². The molecule has 0 aromatic heterocycles. The lowest BCUT2D eigenvalue weighted by Gasteiger charge is -2.50. The molecule has 0 aliphatic carbocycles. The van der Waals surface area contributed by atoms with Crippen LogP contribution in [0, 0.1) is 5.41 Å². The highest BCUT2D eigenvalue weighted by molar-refractivity contribution is 6.74. The predicted molar refractivity (Wildman–Crippen MR) is 206 cm³/mol. The van der Waals surface area contributed by atoms with Crippen molar-refractivity contribution in [3.63, 3.8) is 0 Å². The van der Waals surface area contributed by atoms with Crippen molar-refractivity contribution in [2.75, 3.05) is 13.7 Å². The first-order chi connectivity index (χ1) is 26.9. The van der Waals surface area contributed by atoms with Gasteiger partial charge in [-0.1, -0.05) is 86.5 Å². The van der Waals surface area contributed by atoms with Crippen LogP contribution in [0.25, 0.3) is 10.4 Å².